The Labute approximate surface area is 124 Å². The Morgan fingerprint density at radius 3 is 2.89 bits per heavy atom. The van der Waals surface area contributed by atoms with Gasteiger partial charge in [0.05, 0.1) is 16.6 Å². The van der Waals surface area contributed by atoms with Crippen LogP contribution in [0.15, 0.2) is 27.8 Å². The highest BCUT2D eigenvalue weighted by Crippen LogP contribution is 2.21. The van der Waals surface area contributed by atoms with Gasteiger partial charge in [0.2, 0.25) is 0 Å². The molecule has 0 aliphatic rings. The molecule has 5 nitrogen and oxygen atoms in total. The minimum Gasteiger partial charge on any atom is -0.409 e. The Morgan fingerprint density at radius 1 is 1.63 bits per heavy atom. The van der Waals surface area contributed by atoms with E-state index in [1.54, 1.807) is 18.2 Å². The molecule has 0 spiro atoms. The first-order chi connectivity index (χ1) is 8.99. The summed E-state index contributed by atoms with van der Waals surface area (Å²) in [6.45, 7) is 1.94. The summed E-state index contributed by atoms with van der Waals surface area (Å²) in [4.78, 5) is 12.1. The van der Waals surface area contributed by atoms with Crippen molar-refractivity contribution in [3.8, 4) is 0 Å². The lowest BCUT2D eigenvalue weighted by molar-refractivity contribution is 0.0945. The van der Waals surface area contributed by atoms with Crippen molar-refractivity contribution in [2.75, 3.05) is 0 Å². The molecule has 1 atom stereocenters. The molecule has 0 aromatic heterocycles. The number of hydrogen-bond donors (Lipinski definition) is 3. The van der Waals surface area contributed by atoms with Crippen LogP contribution in [0.5, 0.6) is 0 Å². The second-order valence-corrected chi connectivity index (χ2v) is 5.29. The zero-order valence-corrected chi connectivity index (χ0v) is 12.7. The van der Waals surface area contributed by atoms with Crippen LogP contribution in [0, 0.1) is 0 Å². The van der Waals surface area contributed by atoms with E-state index in [2.05, 4.69) is 26.4 Å². The number of benzene rings is 1. The van der Waals surface area contributed by atoms with Gasteiger partial charge in [-0.15, -0.1) is 0 Å². The third-order valence-electron chi connectivity index (χ3n) is 2.53. The molecule has 1 aromatic carbocycles. The number of amides is 1. The first kappa shape index (κ1) is 15.8. The number of nitrogens with zero attached hydrogens (tertiary/aromatic N) is 1. The van der Waals surface area contributed by atoms with Gasteiger partial charge in [0, 0.05) is 4.47 Å². The minimum atomic E-state index is -0.516. The topological polar surface area (TPSA) is 87.7 Å². The van der Waals surface area contributed by atoms with Gasteiger partial charge in [-0.05, 0) is 24.6 Å². The summed E-state index contributed by atoms with van der Waals surface area (Å²) in [7, 11) is 0. The molecular weight excluding hydrogens is 334 g/mol. The van der Waals surface area contributed by atoms with E-state index in [9.17, 15) is 4.79 Å². The van der Waals surface area contributed by atoms with Crippen LogP contribution in [0.25, 0.3) is 0 Å². The lowest BCUT2D eigenvalue weighted by Gasteiger charge is -2.17. The Hall–Kier alpha value is -1.27. The second-order valence-electron chi connectivity index (χ2n) is 3.96. The SMILES string of the molecule is CCCC(NC(=O)c1cc(Br)ccc1Cl)/C(N)=N/O. The summed E-state index contributed by atoms with van der Waals surface area (Å²) in [5.74, 6) is -0.391. The second kappa shape index (κ2) is 7.35. The number of oxime groups is 1. The average molecular weight is 349 g/mol. The smallest absolute Gasteiger partial charge is 0.253 e. The molecule has 0 aliphatic heterocycles. The van der Waals surface area contributed by atoms with Crippen molar-refractivity contribution in [3.63, 3.8) is 0 Å². The third kappa shape index (κ3) is 4.40. The first-order valence-electron chi connectivity index (χ1n) is 5.73. The van der Waals surface area contributed by atoms with Gasteiger partial charge in [-0.1, -0.05) is 46.0 Å². The lowest BCUT2D eigenvalue weighted by Crippen LogP contribution is -2.44. The molecule has 0 fully saturated rings. The van der Waals surface area contributed by atoms with E-state index in [1.807, 2.05) is 6.92 Å². The number of hydrogen-bond acceptors (Lipinski definition) is 3. The van der Waals surface area contributed by atoms with Crippen molar-refractivity contribution >= 4 is 39.3 Å². The van der Waals surface area contributed by atoms with Crippen LogP contribution in [0.4, 0.5) is 0 Å². The van der Waals surface area contributed by atoms with E-state index < -0.39 is 6.04 Å². The van der Waals surface area contributed by atoms with Crippen molar-refractivity contribution in [1.82, 2.24) is 5.32 Å². The number of nitrogens with two attached hydrogens (primary N) is 1. The molecule has 1 rings (SSSR count). The van der Waals surface area contributed by atoms with E-state index in [4.69, 9.17) is 22.5 Å². The quantitative estimate of drug-likeness (QED) is 0.331. The van der Waals surface area contributed by atoms with Gasteiger partial charge < -0.3 is 16.3 Å². The van der Waals surface area contributed by atoms with Crippen LogP contribution in [0.1, 0.15) is 30.1 Å². The van der Waals surface area contributed by atoms with Crippen molar-refractivity contribution in [3.05, 3.63) is 33.3 Å². The zero-order valence-electron chi connectivity index (χ0n) is 10.4. The fourth-order valence-electron chi connectivity index (χ4n) is 1.56. The van der Waals surface area contributed by atoms with Gasteiger partial charge >= 0.3 is 0 Å². The summed E-state index contributed by atoms with van der Waals surface area (Å²) in [5, 5.41) is 14.7. The summed E-state index contributed by atoms with van der Waals surface area (Å²) in [5.41, 5.74) is 5.88. The highest BCUT2D eigenvalue weighted by atomic mass is 79.9. The fourth-order valence-corrected chi connectivity index (χ4v) is 2.12. The number of amidine groups is 1. The molecular formula is C12H15BrClN3O2. The molecule has 1 amide bonds. The van der Waals surface area contributed by atoms with Crippen LogP contribution in [-0.4, -0.2) is 23.0 Å². The van der Waals surface area contributed by atoms with Crippen molar-refractivity contribution < 1.29 is 10.0 Å². The standard InChI is InChI=1S/C12H15BrClN3O2/c1-2-3-10(11(15)17-19)16-12(18)8-6-7(13)4-5-9(8)14/h4-6,10,19H,2-3H2,1H3,(H2,15,17)(H,16,18). The predicted octanol–water partition coefficient (Wildman–Crippen LogP) is 2.75. The van der Waals surface area contributed by atoms with Crippen molar-refractivity contribution in [2.24, 2.45) is 10.9 Å². The highest BCUT2D eigenvalue weighted by molar-refractivity contribution is 9.10. The van der Waals surface area contributed by atoms with E-state index in [1.165, 1.54) is 0 Å². The van der Waals surface area contributed by atoms with Crippen LogP contribution in [-0.2, 0) is 0 Å². The third-order valence-corrected chi connectivity index (χ3v) is 3.35. The number of carbonyl (C=O) groups is 1. The number of halogens is 2. The average Bonchev–Trinajstić information content (AvgIpc) is 2.40. The summed E-state index contributed by atoms with van der Waals surface area (Å²) in [6.07, 6.45) is 1.36. The van der Waals surface area contributed by atoms with Gasteiger partial charge in [-0.3, -0.25) is 4.79 Å². The molecule has 19 heavy (non-hydrogen) atoms. The van der Waals surface area contributed by atoms with Crippen molar-refractivity contribution in [2.45, 2.75) is 25.8 Å². The van der Waals surface area contributed by atoms with Gasteiger partial charge in [0.1, 0.15) is 0 Å². The summed E-state index contributed by atoms with van der Waals surface area (Å²) in [6, 6.07) is 4.47. The normalized spacial score (nSPS) is 13.1. The van der Waals surface area contributed by atoms with Crippen LogP contribution in [0.2, 0.25) is 5.02 Å². The Morgan fingerprint density at radius 2 is 2.32 bits per heavy atom. The maximum atomic E-state index is 12.1. The lowest BCUT2D eigenvalue weighted by atomic mass is 10.1. The molecule has 0 aliphatic carbocycles. The van der Waals surface area contributed by atoms with Gasteiger partial charge in [-0.25, -0.2) is 0 Å². The molecule has 1 unspecified atom stereocenters. The zero-order chi connectivity index (χ0) is 14.4. The molecule has 7 heteroatoms. The molecule has 0 saturated carbocycles. The summed E-state index contributed by atoms with van der Waals surface area (Å²) >= 11 is 9.25. The maximum Gasteiger partial charge on any atom is 0.253 e. The molecule has 0 saturated heterocycles. The minimum absolute atomic E-state index is 0.0266. The first-order valence-corrected chi connectivity index (χ1v) is 6.90. The van der Waals surface area contributed by atoms with Gasteiger partial charge in [0.15, 0.2) is 5.84 Å². The predicted molar refractivity (Wildman–Crippen MR) is 78.7 cm³/mol. The monoisotopic (exact) mass is 347 g/mol. The van der Waals surface area contributed by atoms with Gasteiger partial charge in [0.25, 0.3) is 5.91 Å². The Bertz CT molecular complexity index is 494. The van der Waals surface area contributed by atoms with Crippen molar-refractivity contribution in [1.29, 1.82) is 0 Å². The van der Waals surface area contributed by atoms with E-state index in [-0.39, 0.29) is 11.7 Å². The molecule has 0 bridgehead atoms. The van der Waals surface area contributed by atoms with Gasteiger partial charge in [-0.2, -0.15) is 0 Å². The van der Waals surface area contributed by atoms with Crippen LogP contribution >= 0.6 is 27.5 Å². The fraction of sp³-hybridized carbons (Fsp3) is 0.333. The van der Waals surface area contributed by atoms with Crippen LogP contribution < -0.4 is 11.1 Å². The largest absolute Gasteiger partial charge is 0.409 e. The Balaban J connectivity index is 2.90. The maximum absolute atomic E-state index is 12.1. The molecule has 1 aromatic rings. The highest BCUT2D eigenvalue weighted by Gasteiger charge is 2.18. The molecule has 4 N–H and O–H groups in total. The summed E-state index contributed by atoms with van der Waals surface area (Å²) < 4.78 is 0.748. The molecule has 104 valence electrons. The number of rotatable bonds is 5. The van der Waals surface area contributed by atoms with E-state index in [0.29, 0.717) is 17.0 Å². The number of carbonyl (C=O) groups excluding carboxylic acids is 1. The molecule has 0 radical (unpaired) electrons. The Kier molecular flexibility index (Phi) is 6.11. The van der Waals surface area contributed by atoms with E-state index >= 15 is 0 Å². The number of nitrogens with one attached hydrogen (secondary N) is 1. The van der Waals surface area contributed by atoms with E-state index in [0.717, 1.165) is 10.9 Å². The molecule has 0 heterocycles. The van der Waals surface area contributed by atoms with Crippen LogP contribution in [0.3, 0.4) is 0 Å².